The van der Waals surface area contributed by atoms with Crippen LogP contribution in [-0.2, 0) is 0 Å². The predicted octanol–water partition coefficient (Wildman–Crippen LogP) is 0.961. The summed E-state index contributed by atoms with van der Waals surface area (Å²) in [7, 11) is 0. The molecule has 0 saturated heterocycles. The lowest BCUT2D eigenvalue weighted by molar-refractivity contribution is 0.267. The Morgan fingerprint density at radius 2 is 2.29 bits per heavy atom. The monoisotopic (exact) mass is 117 g/mol. The van der Waals surface area contributed by atoms with E-state index in [-0.39, 0.29) is 5.24 Å². The van der Waals surface area contributed by atoms with E-state index in [0.717, 1.165) is 0 Å². The van der Waals surface area contributed by atoms with E-state index in [1.54, 1.807) is 0 Å². The average molecular weight is 117 g/mol. The van der Waals surface area contributed by atoms with Crippen LogP contribution >= 0.6 is 11.8 Å². The molecule has 1 saturated carbocycles. The Balaban J connectivity index is 2.08. The van der Waals surface area contributed by atoms with Crippen molar-refractivity contribution in [3.8, 4) is 0 Å². The summed E-state index contributed by atoms with van der Waals surface area (Å²) in [4.78, 5) is 10.0. The van der Waals surface area contributed by atoms with Crippen LogP contribution in [0.25, 0.3) is 0 Å². The Morgan fingerprint density at radius 3 is 2.43 bits per heavy atom. The van der Waals surface area contributed by atoms with Crippen LogP contribution < -0.4 is 5.73 Å². The summed E-state index contributed by atoms with van der Waals surface area (Å²) in [5, 5.41) is 0.333. The average Bonchev–Trinajstić information content (AvgIpc) is 2.17. The smallest absolute Gasteiger partial charge is 0.276 e. The van der Waals surface area contributed by atoms with Crippen molar-refractivity contribution in [1.82, 2.24) is 0 Å². The minimum Gasteiger partial charge on any atom is -0.361 e. The molecule has 1 aliphatic rings. The van der Waals surface area contributed by atoms with Gasteiger partial charge < -0.3 is 5.73 Å². The zero-order chi connectivity index (χ0) is 5.28. The lowest BCUT2D eigenvalue weighted by Gasteiger charge is -1.84. The molecule has 3 heteroatoms. The van der Waals surface area contributed by atoms with Gasteiger partial charge in [0.25, 0.3) is 5.24 Å². The van der Waals surface area contributed by atoms with Crippen molar-refractivity contribution in [2.24, 2.45) is 5.73 Å². The summed E-state index contributed by atoms with van der Waals surface area (Å²) in [5.41, 5.74) is 4.86. The molecule has 0 atom stereocenters. The van der Waals surface area contributed by atoms with Gasteiger partial charge in [0.1, 0.15) is 0 Å². The number of carbonyl (C=O) groups excluding carboxylic acids is 1. The van der Waals surface area contributed by atoms with E-state index in [9.17, 15) is 4.79 Å². The molecule has 2 nitrogen and oxygen atoms in total. The van der Waals surface area contributed by atoms with Crippen molar-refractivity contribution in [2.45, 2.75) is 18.1 Å². The molecule has 0 aromatic carbocycles. The highest BCUT2D eigenvalue weighted by atomic mass is 32.2. The topological polar surface area (TPSA) is 43.1 Å². The summed E-state index contributed by atoms with van der Waals surface area (Å²) < 4.78 is 0. The third-order valence-corrected chi connectivity index (χ3v) is 1.84. The molecule has 1 fully saturated rings. The Morgan fingerprint density at radius 1 is 1.71 bits per heavy atom. The van der Waals surface area contributed by atoms with Crippen molar-refractivity contribution in [1.29, 1.82) is 0 Å². The van der Waals surface area contributed by atoms with Gasteiger partial charge in [-0.2, -0.15) is 0 Å². The van der Waals surface area contributed by atoms with Gasteiger partial charge in [-0.15, -0.1) is 0 Å². The van der Waals surface area contributed by atoms with Crippen molar-refractivity contribution in [3.05, 3.63) is 0 Å². The molecule has 0 spiro atoms. The van der Waals surface area contributed by atoms with Gasteiger partial charge in [0.2, 0.25) is 0 Å². The van der Waals surface area contributed by atoms with Gasteiger partial charge in [-0.25, -0.2) is 0 Å². The highest BCUT2D eigenvalue weighted by Crippen LogP contribution is 2.33. The van der Waals surface area contributed by atoms with E-state index < -0.39 is 0 Å². The third-order valence-electron chi connectivity index (χ3n) is 0.807. The molecule has 0 aromatic rings. The molecule has 0 heterocycles. The van der Waals surface area contributed by atoms with Crippen LogP contribution in [0.4, 0.5) is 4.79 Å². The van der Waals surface area contributed by atoms with Crippen LogP contribution in [0.1, 0.15) is 12.8 Å². The summed E-state index contributed by atoms with van der Waals surface area (Å²) >= 11 is 1.26. The van der Waals surface area contributed by atoms with Crippen molar-refractivity contribution in [2.75, 3.05) is 0 Å². The fourth-order valence-corrected chi connectivity index (χ4v) is 1.05. The first-order valence-corrected chi connectivity index (χ1v) is 3.13. The van der Waals surface area contributed by atoms with E-state index in [2.05, 4.69) is 0 Å². The molecular formula is C4H7NOS. The predicted molar refractivity (Wildman–Crippen MR) is 30.2 cm³/mol. The summed E-state index contributed by atoms with van der Waals surface area (Å²) in [6.45, 7) is 0. The highest BCUT2D eigenvalue weighted by molar-refractivity contribution is 8.14. The summed E-state index contributed by atoms with van der Waals surface area (Å²) in [6, 6.07) is 0. The first kappa shape index (κ1) is 4.97. The Labute approximate surface area is 46.5 Å². The molecule has 1 rings (SSSR count). The second kappa shape index (κ2) is 1.74. The normalized spacial score (nSPS) is 19.4. The molecule has 0 aromatic heterocycles. The van der Waals surface area contributed by atoms with Gasteiger partial charge >= 0.3 is 0 Å². The lowest BCUT2D eigenvalue weighted by atomic mass is 11.0. The van der Waals surface area contributed by atoms with Gasteiger partial charge in [0.15, 0.2) is 0 Å². The standard InChI is InChI=1S/C4H7NOS/c5-4(6)7-3-1-2-3/h3H,1-2H2,(H2,5,6). The van der Waals surface area contributed by atoms with E-state index in [1.165, 1.54) is 24.6 Å². The highest BCUT2D eigenvalue weighted by Gasteiger charge is 2.23. The molecule has 1 amide bonds. The maximum absolute atomic E-state index is 10.0. The maximum atomic E-state index is 10.0. The maximum Gasteiger partial charge on any atom is 0.276 e. The molecule has 0 aliphatic heterocycles. The molecular weight excluding hydrogens is 110 g/mol. The van der Waals surface area contributed by atoms with Crippen molar-refractivity contribution < 1.29 is 4.79 Å². The van der Waals surface area contributed by atoms with Crippen LogP contribution in [0, 0.1) is 0 Å². The molecule has 0 radical (unpaired) electrons. The molecule has 0 unspecified atom stereocenters. The molecule has 2 N–H and O–H groups in total. The number of carbonyl (C=O) groups is 1. The largest absolute Gasteiger partial charge is 0.361 e. The Kier molecular flexibility index (Phi) is 1.23. The van der Waals surface area contributed by atoms with Gasteiger partial charge in [-0.05, 0) is 12.8 Å². The number of rotatable bonds is 1. The lowest BCUT2D eigenvalue weighted by Crippen LogP contribution is -2.02. The van der Waals surface area contributed by atoms with Gasteiger partial charge in [0, 0.05) is 5.25 Å². The zero-order valence-corrected chi connectivity index (χ0v) is 4.70. The number of hydrogen-bond donors (Lipinski definition) is 1. The van der Waals surface area contributed by atoms with Crippen LogP contribution in [0.15, 0.2) is 0 Å². The quantitative estimate of drug-likeness (QED) is 0.556. The van der Waals surface area contributed by atoms with Crippen LogP contribution in [0.2, 0.25) is 0 Å². The first-order chi connectivity index (χ1) is 3.29. The molecule has 0 bridgehead atoms. The fraction of sp³-hybridized carbons (Fsp3) is 0.750. The summed E-state index contributed by atoms with van der Waals surface area (Å²) in [5.74, 6) is 0. The minimum atomic E-state index is -0.234. The number of thioether (sulfide) groups is 1. The third kappa shape index (κ3) is 1.83. The fourth-order valence-electron chi connectivity index (χ4n) is 0.350. The van der Waals surface area contributed by atoms with Gasteiger partial charge in [-0.1, -0.05) is 11.8 Å². The summed E-state index contributed by atoms with van der Waals surface area (Å²) in [6.07, 6.45) is 2.35. The number of amides is 1. The van der Waals surface area contributed by atoms with Crippen LogP contribution in [-0.4, -0.2) is 10.5 Å². The molecule has 1 aliphatic carbocycles. The molecule has 40 valence electrons. The minimum absolute atomic E-state index is 0.234. The Hall–Kier alpha value is -0.180. The number of hydrogen-bond acceptors (Lipinski definition) is 2. The SMILES string of the molecule is NC(=O)SC1CC1. The second-order valence-electron chi connectivity index (χ2n) is 1.64. The van der Waals surface area contributed by atoms with Crippen LogP contribution in [0.5, 0.6) is 0 Å². The second-order valence-corrected chi connectivity index (χ2v) is 2.94. The first-order valence-electron chi connectivity index (χ1n) is 2.25. The zero-order valence-electron chi connectivity index (χ0n) is 3.89. The number of nitrogens with two attached hydrogens (primary N) is 1. The van der Waals surface area contributed by atoms with E-state index >= 15 is 0 Å². The Bertz CT molecular complexity index is 89.7. The van der Waals surface area contributed by atoms with Crippen LogP contribution in [0.3, 0.4) is 0 Å². The van der Waals surface area contributed by atoms with Crippen molar-refractivity contribution in [3.63, 3.8) is 0 Å². The van der Waals surface area contributed by atoms with Gasteiger partial charge in [0.05, 0.1) is 0 Å². The van der Waals surface area contributed by atoms with Crippen molar-refractivity contribution >= 4 is 17.0 Å². The van der Waals surface area contributed by atoms with E-state index in [1.807, 2.05) is 0 Å². The van der Waals surface area contributed by atoms with E-state index in [0.29, 0.717) is 5.25 Å². The van der Waals surface area contributed by atoms with Gasteiger partial charge in [-0.3, -0.25) is 4.79 Å². The number of primary amides is 1. The molecule has 7 heavy (non-hydrogen) atoms. The van der Waals surface area contributed by atoms with E-state index in [4.69, 9.17) is 5.73 Å².